The summed E-state index contributed by atoms with van der Waals surface area (Å²) in [6, 6.07) is 8.42. The number of nitrogens with two attached hydrogens (primary N) is 1. The van der Waals surface area contributed by atoms with Gasteiger partial charge in [0.2, 0.25) is 0 Å². The number of rotatable bonds is 2. The van der Waals surface area contributed by atoms with Crippen LogP contribution in [0, 0.1) is 5.92 Å². The average molecular weight is 242 g/mol. The van der Waals surface area contributed by atoms with Crippen molar-refractivity contribution in [2.75, 3.05) is 18.0 Å². The predicted molar refractivity (Wildman–Crippen MR) is 73.5 cm³/mol. The van der Waals surface area contributed by atoms with Crippen LogP contribution in [0.1, 0.15) is 13.3 Å². The Morgan fingerprint density at radius 1 is 1.39 bits per heavy atom. The van der Waals surface area contributed by atoms with Crippen molar-refractivity contribution in [1.82, 2.24) is 10.2 Å². The third-order valence-electron chi connectivity index (χ3n) is 3.83. The molecule has 0 amide bonds. The Morgan fingerprint density at radius 3 is 3.00 bits per heavy atom. The molecular formula is C14H18N4. The van der Waals surface area contributed by atoms with Gasteiger partial charge in [-0.25, -0.2) is 0 Å². The Kier molecular flexibility index (Phi) is 2.88. The summed E-state index contributed by atoms with van der Waals surface area (Å²) < 4.78 is 0. The first kappa shape index (κ1) is 11.4. The van der Waals surface area contributed by atoms with Gasteiger partial charge in [-0.1, -0.05) is 18.2 Å². The van der Waals surface area contributed by atoms with Crippen LogP contribution in [0.3, 0.4) is 0 Å². The van der Waals surface area contributed by atoms with Crippen LogP contribution in [0.5, 0.6) is 0 Å². The van der Waals surface area contributed by atoms with Crippen LogP contribution >= 0.6 is 0 Å². The first-order valence-electron chi connectivity index (χ1n) is 6.46. The van der Waals surface area contributed by atoms with Gasteiger partial charge < -0.3 is 10.6 Å². The molecule has 0 radical (unpaired) electrons. The van der Waals surface area contributed by atoms with Crippen molar-refractivity contribution in [3.05, 3.63) is 30.5 Å². The van der Waals surface area contributed by atoms with Crippen molar-refractivity contribution in [3.63, 3.8) is 0 Å². The van der Waals surface area contributed by atoms with Crippen LogP contribution in [0.4, 0.5) is 5.69 Å². The summed E-state index contributed by atoms with van der Waals surface area (Å²) in [6.07, 6.45) is 3.03. The number of nitrogens with zero attached hydrogens (tertiary/aromatic N) is 3. The monoisotopic (exact) mass is 242 g/mol. The SMILES string of the molecule is CC(N)C1CCN(c2cnnc3ccccc23)C1. The second-order valence-electron chi connectivity index (χ2n) is 5.10. The lowest BCUT2D eigenvalue weighted by Crippen LogP contribution is -2.29. The summed E-state index contributed by atoms with van der Waals surface area (Å²) in [4.78, 5) is 2.38. The number of fused-ring (bicyclic) bond motifs is 1. The second-order valence-corrected chi connectivity index (χ2v) is 5.10. The zero-order valence-corrected chi connectivity index (χ0v) is 10.6. The average Bonchev–Trinajstić information content (AvgIpc) is 2.87. The molecule has 94 valence electrons. The molecule has 1 aromatic heterocycles. The molecule has 2 atom stereocenters. The third kappa shape index (κ3) is 1.93. The van der Waals surface area contributed by atoms with Crippen LogP contribution in [0.25, 0.3) is 10.9 Å². The van der Waals surface area contributed by atoms with Gasteiger partial charge in [0.05, 0.1) is 17.4 Å². The largest absolute Gasteiger partial charge is 0.369 e. The molecule has 18 heavy (non-hydrogen) atoms. The molecule has 2 N–H and O–H groups in total. The van der Waals surface area contributed by atoms with E-state index in [-0.39, 0.29) is 6.04 Å². The molecule has 4 heteroatoms. The molecule has 0 bridgehead atoms. The standard InChI is InChI=1S/C14H18N4/c1-10(15)11-6-7-18(9-11)14-8-16-17-13-5-3-2-4-12(13)14/h2-5,8,10-11H,6-7,9,15H2,1H3. The lowest BCUT2D eigenvalue weighted by atomic mass is 10.0. The zero-order valence-electron chi connectivity index (χ0n) is 10.6. The van der Waals surface area contributed by atoms with Crippen LogP contribution in [-0.4, -0.2) is 29.3 Å². The van der Waals surface area contributed by atoms with E-state index in [4.69, 9.17) is 5.73 Å². The fourth-order valence-corrected chi connectivity index (χ4v) is 2.68. The summed E-state index contributed by atoms with van der Waals surface area (Å²) >= 11 is 0. The van der Waals surface area contributed by atoms with E-state index in [2.05, 4.69) is 28.1 Å². The maximum absolute atomic E-state index is 6.00. The fraction of sp³-hybridized carbons (Fsp3) is 0.429. The molecule has 1 aliphatic heterocycles. The topological polar surface area (TPSA) is 55.0 Å². The normalized spacial score (nSPS) is 21.4. The number of anilines is 1. The Labute approximate surface area is 107 Å². The molecule has 1 aromatic carbocycles. The third-order valence-corrected chi connectivity index (χ3v) is 3.83. The van der Waals surface area contributed by atoms with Crippen LogP contribution in [-0.2, 0) is 0 Å². The second kappa shape index (κ2) is 4.53. The van der Waals surface area contributed by atoms with Crippen molar-refractivity contribution in [3.8, 4) is 0 Å². The van der Waals surface area contributed by atoms with Gasteiger partial charge in [0, 0.05) is 24.5 Å². The molecule has 3 rings (SSSR count). The first-order valence-corrected chi connectivity index (χ1v) is 6.46. The van der Waals surface area contributed by atoms with Gasteiger partial charge in [0.1, 0.15) is 0 Å². The van der Waals surface area contributed by atoms with Crippen LogP contribution < -0.4 is 10.6 Å². The predicted octanol–water partition coefficient (Wildman–Crippen LogP) is 1.80. The van der Waals surface area contributed by atoms with E-state index < -0.39 is 0 Å². The van der Waals surface area contributed by atoms with Crippen LogP contribution in [0.15, 0.2) is 30.5 Å². The minimum atomic E-state index is 0.260. The van der Waals surface area contributed by atoms with Crippen molar-refractivity contribution in [2.24, 2.45) is 11.7 Å². The van der Waals surface area contributed by atoms with Gasteiger partial charge in [-0.2, -0.15) is 10.2 Å². The molecule has 0 aliphatic carbocycles. The minimum absolute atomic E-state index is 0.260. The van der Waals surface area contributed by atoms with Gasteiger partial charge in [-0.05, 0) is 25.3 Å². The molecular weight excluding hydrogens is 224 g/mol. The highest BCUT2D eigenvalue weighted by Gasteiger charge is 2.26. The molecule has 1 aliphatic rings. The van der Waals surface area contributed by atoms with E-state index in [0.29, 0.717) is 5.92 Å². The summed E-state index contributed by atoms with van der Waals surface area (Å²) in [5, 5.41) is 9.45. The van der Waals surface area contributed by atoms with Gasteiger partial charge >= 0.3 is 0 Å². The lowest BCUT2D eigenvalue weighted by Gasteiger charge is -2.20. The highest BCUT2D eigenvalue weighted by Crippen LogP contribution is 2.29. The summed E-state index contributed by atoms with van der Waals surface area (Å²) in [5.41, 5.74) is 8.14. The van der Waals surface area contributed by atoms with E-state index in [1.165, 1.54) is 11.1 Å². The van der Waals surface area contributed by atoms with Crippen molar-refractivity contribution >= 4 is 16.6 Å². The fourth-order valence-electron chi connectivity index (χ4n) is 2.68. The maximum Gasteiger partial charge on any atom is 0.0950 e. The molecule has 4 nitrogen and oxygen atoms in total. The van der Waals surface area contributed by atoms with E-state index >= 15 is 0 Å². The summed E-state index contributed by atoms with van der Waals surface area (Å²) in [7, 11) is 0. The van der Waals surface area contributed by atoms with E-state index in [9.17, 15) is 0 Å². The minimum Gasteiger partial charge on any atom is -0.369 e. The highest BCUT2D eigenvalue weighted by molar-refractivity contribution is 5.90. The van der Waals surface area contributed by atoms with Gasteiger partial charge in [-0.15, -0.1) is 0 Å². The van der Waals surface area contributed by atoms with Crippen molar-refractivity contribution in [1.29, 1.82) is 0 Å². The van der Waals surface area contributed by atoms with Crippen LogP contribution in [0.2, 0.25) is 0 Å². The molecule has 0 spiro atoms. The Balaban J connectivity index is 1.96. The zero-order chi connectivity index (χ0) is 12.5. The molecule has 1 fully saturated rings. The van der Waals surface area contributed by atoms with Gasteiger partial charge in [0.15, 0.2) is 0 Å². The number of aromatic nitrogens is 2. The summed E-state index contributed by atoms with van der Waals surface area (Å²) in [5.74, 6) is 0.580. The van der Waals surface area contributed by atoms with Crippen molar-refractivity contribution in [2.45, 2.75) is 19.4 Å². The Bertz CT molecular complexity index is 547. The lowest BCUT2D eigenvalue weighted by molar-refractivity contribution is 0.488. The number of hydrogen-bond acceptors (Lipinski definition) is 4. The Hall–Kier alpha value is -1.68. The number of hydrogen-bond donors (Lipinski definition) is 1. The van der Waals surface area contributed by atoms with E-state index in [1.54, 1.807) is 0 Å². The smallest absolute Gasteiger partial charge is 0.0950 e. The Morgan fingerprint density at radius 2 is 2.22 bits per heavy atom. The highest BCUT2D eigenvalue weighted by atomic mass is 15.2. The van der Waals surface area contributed by atoms with E-state index in [1.807, 2.05) is 24.4 Å². The summed E-state index contributed by atoms with van der Waals surface area (Å²) in [6.45, 7) is 4.17. The molecule has 1 saturated heterocycles. The van der Waals surface area contributed by atoms with Crippen molar-refractivity contribution < 1.29 is 0 Å². The maximum atomic E-state index is 6.00. The van der Waals surface area contributed by atoms with Gasteiger partial charge in [-0.3, -0.25) is 0 Å². The quantitative estimate of drug-likeness (QED) is 0.872. The molecule has 2 aromatic rings. The molecule has 0 saturated carbocycles. The molecule has 2 unspecified atom stereocenters. The van der Waals surface area contributed by atoms with E-state index in [0.717, 1.165) is 25.0 Å². The number of benzene rings is 1. The first-order chi connectivity index (χ1) is 8.75. The van der Waals surface area contributed by atoms with Gasteiger partial charge in [0.25, 0.3) is 0 Å². The molecule has 2 heterocycles.